The fourth-order valence-corrected chi connectivity index (χ4v) is 12.2. The van der Waals surface area contributed by atoms with Gasteiger partial charge >= 0.3 is 0 Å². The van der Waals surface area contributed by atoms with Crippen molar-refractivity contribution in [3.63, 3.8) is 0 Å². The molecule has 0 saturated heterocycles. The second-order valence-electron chi connectivity index (χ2n) is 19.5. The molecule has 2 heteroatoms. The zero-order valence-corrected chi connectivity index (χ0v) is 41.3. The number of hydrogen-bond acceptors (Lipinski definition) is 1. The molecule has 1 aliphatic carbocycles. The first-order valence-corrected chi connectivity index (χ1v) is 25.9. The Morgan fingerprint density at radius 1 is 0.280 bits per heavy atom. The summed E-state index contributed by atoms with van der Waals surface area (Å²) in [4.78, 5) is 2.40. The normalized spacial score (nSPS) is 12.4. The fraction of sp³-hybridized carbons (Fsp3) is 0.0137. The monoisotopic (exact) mass is 954 g/mol. The van der Waals surface area contributed by atoms with E-state index in [1.165, 1.54) is 88.7 Å². The SMILES string of the molecule is c1ccc(-c2cccc(-c3ccc(N(c4ccccc4)c4ccccc4-c4ccccc4-c4ccc5c6ccccc6n(-c6cccc7c6-c6ccccc6C7(c6ccccc6)c6ccccc6)c5c4)cc3)c2)cc1. The number of rotatable bonds is 10. The Bertz CT molecular complexity index is 4170. The zero-order valence-electron chi connectivity index (χ0n) is 41.3. The van der Waals surface area contributed by atoms with E-state index in [0.29, 0.717) is 0 Å². The summed E-state index contributed by atoms with van der Waals surface area (Å²) in [7, 11) is 0. The minimum Gasteiger partial charge on any atom is -0.310 e. The maximum atomic E-state index is 2.53. The molecule has 1 heterocycles. The molecule has 2 nitrogen and oxygen atoms in total. The summed E-state index contributed by atoms with van der Waals surface area (Å²) in [5, 5.41) is 2.45. The highest BCUT2D eigenvalue weighted by Gasteiger charge is 2.47. The molecule has 14 rings (SSSR count). The van der Waals surface area contributed by atoms with Crippen LogP contribution in [0.3, 0.4) is 0 Å². The summed E-state index contributed by atoms with van der Waals surface area (Å²) in [5.74, 6) is 0. The number of benzene rings is 12. The van der Waals surface area contributed by atoms with Gasteiger partial charge in [-0.1, -0.05) is 249 Å². The van der Waals surface area contributed by atoms with Crippen LogP contribution in [-0.4, -0.2) is 4.57 Å². The maximum absolute atomic E-state index is 2.53. The van der Waals surface area contributed by atoms with E-state index in [9.17, 15) is 0 Å². The molecule has 75 heavy (non-hydrogen) atoms. The van der Waals surface area contributed by atoms with Gasteiger partial charge in [-0.15, -0.1) is 0 Å². The summed E-state index contributed by atoms with van der Waals surface area (Å²) in [6.45, 7) is 0. The van der Waals surface area contributed by atoms with E-state index in [2.05, 4.69) is 313 Å². The van der Waals surface area contributed by atoms with Gasteiger partial charge < -0.3 is 9.47 Å². The molecule has 0 radical (unpaired) electrons. The standard InChI is InChI=1S/C73H50N2/c1-5-23-51(24-6-1)53-25-21-26-54(49-53)52-43-46-59(47-44-52)74(58-31-11-4-12-32-58)68-40-19-16-35-62(68)61-34-14-13-33-60(61)55-45-48-64-63-36-17-20-41-69(63)75(71(64)50-55)70-42-22-39-67-72(70)65-37-15-18-38-66(65)73(67,56-27-7-2-8-28-56)57-29-9-3-10-30-57/h1-50H. The molecule has 0 amide bonds. The lowest BCUT2D eigenvalue weighted by Gasteiger charge is -2.34. The first-order valence-electron chi connectivity index (χ1n) is 25.9. The van der Waals surface area contributed by atoms with Crippen LogP contribution in [0.4, 0.5) is 17.1 Å². The highest BCUT2D eigenvalue weighted by Crippen LogP contribution is 2.58. The summed E-state index contributed by atoms with van der Waals surface area (Å²) in [5.41, 5.74) is 23.3. The molecule has 352 valence electrons. The smallest absolute Gasteiger partial charge is 0.0714 e. The number of nitrogens with zero attached hydrogens (tertiary/aromatic N) is 2. The van der Waals surface area contributed by atoms with Crippen molar-refractivity contribution in [1.29, 1.82) is 0 Å². The Kier molecular flexibility index (Phi) is 10.8. The van der Waals surface area contributed by atoms with Crippen LogP contribution in [0.2, 0.25) is 0 Å². The lowest BCUT2D eigenvalue weighted by Crippen LogP contribution is -2.28. The van der Waals surface area contributed by atoms with Gasteiger partial charge in [-0.3, -0.25) is 0 Å². The first kappa shape index (κ1) is 44.0. The third-order valence-corrected chi connectivity index (χ3v) is 15.5. The summed E-state index contributed by atoms with van der Waals surface area (Å²) < 4.78 is 2.53. The van der Waals surface area contributed by atoms with Crippen molar-refractivity contribution in [2.75, 3.05) is 4.90 Å². The molecule has 0 fully saturated rings. The number of hydrogen-bond donors (Lipinski definition) is 0. The highest BCUT2D eigenvalue weighted by molar-refractivity contribution is 6.11. The largest absolute Gasteiger partial charge is 0.310 e. The Hall–Kier alpha value is -9.76. The van der Waals surface area contributed by atoms with E-state index in [1.807, 2.05) is 0 Å². The molecular formula is C73H50N2. The van der Waals surface area contributed by atoms with Crippen LogP contribution in [0.15, 0.2) is 303 Å². The maximum Gasteiger partial charge on any atom is 0.0714 e. The van der Waals surface area contributed by atoms with E-state index in [1.54, 1.807) is 0 Å². The minimum absolute atomic E-state index is 0.509. The second-order valence-corrected chi connectivity index (χ2v) is 19.5. The van der Waals surface area contributed by atoms with Gasteiger partial charge in [0, 0.05) is 33.3 Å². The molecule has 12 aromatic carbocycles. The molecule has 0 unspecified atom stereocenters. The summed E-state index contributed by atoms with van der Waals surface area (Å²) in [6, 6.07) is 111. The van der Waals surface area contributed by atoms with Gasteiger partial charge in [0.1, 0.15) is 0 Å². The predicted molar refractivity (Wildman–Crippen MR) is 315 cm³/mol. The third kappa shape index (κ3) is 7.25. The van der Waals surface area contributed by atoms with Crippen LogP contribution in [0.1, 0.15) is 22.3 Å². The van der Waals surface area contributed by atoms with Gasteiger partial charge in [0.15, 0.2) is 0 Å². The van der Waals surface area contributed by atoms with Crippen LogP contribution in [0, 0.1) is 0 Å². The molecule has 0 atom stereocenters. The summed E-state index contributed by atoms with van der Waals surface area (Å²) >= 11 is 0. The van der Waals surface area contributed by atoms with E-state index >= 15 is 0 Å². The van der Waals surface area contributed by atoms with Crippen LogP contribution in [0.5, 0.6) is 0 Å². The predicted octanol–water partition coefficient (Wildman–Crippen LogP) is 19.3. The molecule has 0 aliphatic heterocycles. The molecule has 1 aromatic heterocycles. The first-order chi connectivity index (χ1) is 37.2. The average molecular weight is 955 g/mol. The molecule has 0 saturated carbocycles. The molecule has 0 bridgehead atoms. The average Bonchev–Trinajstić information content (AvgIpc) is 4.06. The highest BCUT2D eigenvalue weighted by atomic mass is 15.1. The Labute approximate surface area is 438 Å². The quantitative estimate of drug-likeness (QED) is 0.133. The topological polar surface area (TPSA) is 8.17 Å². The zero-order chi connectivity index (χ0) is 49.7. The number of anilines is 3. The van der Waals surface area contributed by atoms with E-state index < -0.39 is 5.41 Å². The molecule has 13 aromatic rings. The van der Waals surface area contributed by atoms with Crippen LogP contribution < -0.4 is 4.90 Å². The minimum atomic E-state index is -0.509. The van der Waals surface area contributed by atoms with Crippen LogP contribution in [-0.2, 0) is 5.41 Å². The number of fused-ring (bicyclic) bond motifs is 6. The Balaban J connectivity index is 0.924. The van der Waals surface area contributed by atoms with Crippen molar-refractivity contribution in [3.8, 4) is 61.3 Å². The lowest BCUT2D eigenvalue weighted by molar-refractivity contribution is 0.768. The second kappa shape index (κ2) is 18.4. The van der Waals surface area contributed by atoms with Gasteiger partial charge in [0.2, 0.25) is 0 Å². The van der Waals surface area contributed by atoms with Gasteiger partial charge in [-0.2, -0.15) is 0 Å². The van der Waals surface area contributed by atoms with Crippen molar-refractivity contribution >= 4 is 38.9 Å². The molecule has 0 spiro atoms. The van der Waals surface area contributed by atoms with E-state index in [0.717, 1.165) is 33.8 Å². The fourth-order valence-electron chi connectivity index (χ4n) is 12.2. The van der Waals surface area contributed by atoms with Crippen molar-refractivity contribution in [2.45, 2.75) is 5.41 Å². The van der Waals surface area contributed by atoms with Gasteiger partial charge in [-0.05, 0) is 121 Å². The Morgan fingerprint density at radius 2 is 0.773 bits per heavy atom. The lowest BCUT2D eigenvalue weighted by atomic mass is 9.68. The van der Waals surface area contributed by atoms with Gasteiger partial charge in [0.25, 0.3) is 0 Å². The molecule has 1 aliphatic rings. The van der Waals surface area contributed by atoms with Crippen molar-refractivity contribution < 1.29 is 0 Å². The van der Waals surface area contributed by atoms with Crippen LogP contribution >= 0.6 is 0 Å². The van der Waals surface area contributed by atoms with Crippen molar-refractivity contribution in [3.05, 3.63) is 326 Å². The van der Waals surface area contributed by atoms with Crippen molar-refractivity contribution in [1.82, 2.24) is 4.57 Å². The third-order valence-electron chi connectivity index (χ3n) is 15.5. The van der Waals surface area contributed by atoms with Crippen LogP contribution in [0.25, 0.3) is 83.1 Å². The molecule has 0 N–H and O–H groups in total. The van der Waals surface area contributed by atoms with Crippen molar-refractivity contribution in [2.24, 2.45) is 0 Å². The van der Waals surface area contributed by atoms with E-state index in [4.69, 9.17) is 0 Å². The number of para-hydroxylation sites is 3. The number of aromatic nitrogens is 1. The molecular weight excluding hydrogens is 905 g/mol. The van der Waals surface area contributed by atoms with E-state index in [-0.39, 0.29) is 0 Å². The van der Waals surface area contributed by atoms with Gasteiger partial charge in [-0.25, -0.2) is 0 Å². The summed E-state index contributed by atoms with van der Waals surface area (Å²) in [6.07, 6.45) is 0. The Morgan fingerprint density at radius 3 is 1.49 bits per heavy atom. The van der Waals surface area contributed by atoms with Gasteiger partial charge in [0.05, 0.1) is 27.8 Å².